The van der Waals surface area contributed by atoms with Crippen molar-refractivity contribution < 1.29 is 14.6 Å². The summed E-state index contributed by atoms with van der Waals surface area (Å²) < 4.78 is 11.1. The summed E-state index contributed by atoms with van der Waals surface area (Å²) in [5, 5.41) is 9.37. The fourth-order valence-corrected chi connectivity index (χ4v) is 2.05. The Morgan fingerprint density at radius 1 is 1.42 bits per heavy atom. The molecule has 1 fully saturated rings. The van der Waals surface area contributed by atoms with E-state index in [-0.39, 0.29) is 12.5 Å². The van der Waals surface area contributed by atoms with Crippen LogP contribution in [0.1, 0.15) is 44.1 Å². The second-order valence-electron chi connectivity index (χ2n) is 5.22. The van der Waals surface area contributed by atoms with Gasteiger partial charge in [-0.2, -0.15) is 0 Å². The van der Waals surface area contributed by atoms with Crippen molar-refractivity contribution in [3.05, 3.63) is 17.7 Å². The third-order valence-corrected chi connectivity index (χ3v) is 3.33. The molecule has 1 aromatic heterocycles. The van der Waals surface area contributed by atoms with Gasteiger partial charge in [-0.3, -0.25) is 0 Å². The van der Waals surface area contributed by atoms with E-state index in [1.165, 1.54) is 0 Å². The minimum atomic E-state index is -0.120. The van der Waals surface area contributed by atoms with Crippen molar-refractivity contribution in [2.24, 2.45) is 5.92 Å². The number of hydrogen-bond acceptors (Lipinski definition) is 5. The van der Waals surface area contributed by atoms with E-state index in [0.717, 1.165) is 31.9 Å². The van der Waals surface area contributed by atoms with Gasteiger partial charge < -0.3 is 14.6 Å². The zero-order chi connectivity index (χ0) is 13.7. The Kier molecular flexibility index (Phi) is 5.10. The van der Waals surface area contributed by atoms with Gasteiger partial charge in [0.15, 0.2) is 5.75 Å². The molecule has 5 nitrogen and oxygen atoms in total. The van der Waals surface area contributed by atoms with Gasteiger partial charge in [0, 0.05) is 19.1 Å². The molecule has 0 atom stereocenters. The van der Waals surface area contributed by atoms with Gasteiger partial charge in [0.05, 0.1) is 19.4 Å². The normalized spacial score (nSPS) is 16.8. The lowest BCUT2D eigenvalue weighted by Crippen LogP contribution is -2.22. The molecule has 1 saturated heterocycles. The van der Waals surface area contributed by atoms with E-state index in [0.29, 0.717) is 24.0 Å². The number of aliphatic hydroxyl groups is 1. The highest BCUT2D eigenvalue weighted by atomic mass is 16.5. The molecule has 0 radical (unpaired) electrons. The molecule has 0 aliphatic carbocycles. The fourth-order valence-electron chi connectivity index (χ4n) is 2.05. The van der Waals surface area contributed by atoms with Crippen LogP contribution in [-0.2, 0) is 11.3 Å². The number of rotatable bonds is 5. The predicted molar refractivity (Wildman–Crippen MR) is 71.1 cm³/mol. The lowest BCUT2D eigenvalue weighted by atomic mass is 10.0. The molecule has 1 aromatic rings. The third-order valence-electron chi connectivity index (χ3n) is 3.33. The van der Waals surface area contributed by atoms with E-state index in [1.54, 1.807) is 6.20 Å². The molecule has 2 rings (SSSR count). The van der Waals surface area contributed by atoms with Crippen LogP contribution in [0.2, 0.25) is 0 Å². The fraction of sp³-hybridized carbons (Fsp3) is 0.714. The lowest BCUT2D eigenvalue weighted by Gasteiger charge is -2.22. The molecule has 19 heavy (non-hydrogen) atoms. The van der Waals surface area contributed by atoms with Gasteiger partial charge in [-0.1, -0.05) is 13.8 Å². The maximum absolute atomic E-state index is 9.37. The standard InChI is InChI=1S/C14H22N2O3/c1-10(2)14-15-7-13(12(8-17)16-14)19-9-11-3-5-18-6-4-11/h7,10-11,17H,3-6,8-9H2,1-2H3. The van der Waals surface area contributed by atoms with Crippen LogP contribution >= 0.6 is 0 Å². The number of aliphatic hydroxyl groups excluding tert-OH is 1. The summed E-state index contributed by atoms with van der Waals surface area (Å²) in [4.78, 5) is 8.62. The summed E-state index contributed by atoms with van der Waals surface area (Å²) in [6.07, 6.45) is 3.73. The van der Waals surface area contributed by atoms with Crippen molar-refractivity contribution in [3.8, 4) is 5.75 Å². The summed E-state index contributed by atoms with van der Waals surface area (Å²) in [5.74, 6) is 2.10. The Balaban J connectivity index is 1.98. The number of ether oxygens (including phenoxy) is 2. The van der Waals surface area contributed by atoms with Crippen LogP contribution in [0.15, 0.2) is 6.20 Å². The van der Waals surface area contributed by atoms with E-state index < -0.39 is 0 Å². The van der Waals surface area contributed by atoms with E-state index in [1.807, 2.05) is 13.8 Å². The molecule has 0 amide bonds. The van der Waals surface area contributed by atoms with Crippen molar-refractivity contribution in [1.29, 1.82) is 0 Å². The van der Waals surface area contributed by atoms with Crippen LogP contribution in [0.3, 0.4) is 0 Å². The van der Waals surface area contributed by atoms with Gasteiger partial charge >= 0.3 is 0 Å². The van der Waals surface area contributed by atoms with Crippen molar-refractivity contribution in [3.63, 3.8) is 0 Å². The molecular formula is C14H22N2O3. The first-order chi connectivity index (χ1) is 9.20. The molecule has 1 N–H and O–H groups in total. The minimum absolute atomic E-state index is 0.120. The van der Waals surface area contributed by atoms with Crippen LogP contribution in [0.25, 0.3) is 0 Å². The number of hydrogen-bond donors (Lipinski definition) is 1. The largest absolute Gasteiger partial charge is 0.490 e. The molecule has 1 aliphatic rings. The van der Waals surface area contributed by atoms with Gasteiger partial charge in [-0.15, -0.1) is 0 Å². The van der Waals surface area contributed by atoms with Gasteiger partial charge in [-0.25, -0.2) is 9.97 Å². The van der Waals surface area contributed by atoms with E-state index in [4.69, 9.17) is 9.47 Å². The zero-order valence-corrected chi connectivity index (χ0v) is 11.6. The summed E-state index contributed by atoms with van der Waals surface area (Å²) >= 11 is 0. The van der Waals surface area contributed by atoms with Gasteiger partial charge in [-0.05, 0) is 18.8 Å². The molecule has 5 heteroatoms. The minimum Gasteiger partial charge on any atom is -0.490 e. The topological polar surface area (TPSA) is 64.5 Å². The molecule has 1 aliphatic heterocycles. The molecule has 106 valence electrons. The van der Waals surface area contributed by atoms with Crippen LogP contribution in [0, 0.1) is 5.92 Å². The second kappa shape index (κ2) is 6.82. The quantitative estimate of drug-likeness (QED) is 0.881. The Morgan fingerprint density at radius 2 is 2.16 bits per heavy atom. The Bertz CT molecular complexity index is 404. The summed E-state index contributed by atoms with van der Waals surface area (Å²) in [6, 6.07) is 0. The molecule has 0 bridgehead atoms. The maximum Gasteiger partial charge on any atom is 0.161 e. The van der Waals surface area contributed by atoms with Crippen molar-refractivity contribution in [2.75, 3.05) is 19.8 Å². The predicted octanol–water partition coefficient (Wildman–Crippen LogP) is 1.90. The zero-order valence-electron chi connectivity index (χ0n) is 11.6. The first-order valence-corrected chi connectivity index (χ1v) is 6.88. The van der Waals surface area contributed by atoms with E-state index in [9.17, 15) is 5.11 Å². The molecule has 2 heterocycles. The highest BCUT2D eigenvalue weighted by molar-refractivity contribution is 5.24. The van der Waals surface area contributed by atoms with Crippen molar-refractivity contribution in [1.82, 2.24) is 9.97 Å². The average Bonchev–Trinajstić information content (AvgIpc) is 2.45. The van der Waals surface area contributed by atoms with E-state index >= 15 is 0 Å². The van der Waals surface area contributed by atoms with Gasteiger partial charge in [0.25, 0.3) is 0 Å². The lowest BCUT2D eigenvalue weighted by molar-refractivity contribution is 0.0492. The second-order valence-corrected chi connectivity index (χ2v) is 5.22. The SMILES string of the molecule is CC(C)c1ncc(OCC2CCOCC2)c(CO)n1. The molecule has 0 unspecified atom stereocenters. The van der Waals surface area contributed by atoms with Gasteiger partial charge in [0.2, 0.25) is 0 Å². The Labute approximate surface area is 114 Å². The summed E-state index contributed by atoms with van der Waals surface area (Å²) in [5.41, 5.74) is 0.575. The molecule has 0 spiro atoms. The van der Waals surface area contributed by atoms with Crippen LogP contribution in [0.4, 0.5) is 0 Å². The van der Waals surface area contributed by atoms with Crippen LogP contribution < -0.4 is 4.74 Å². The third kappa shape index (κ3) is 3.88. The van der Waals surface area contributed by atoms with E-state index in [2.05, 4.69) is 9.97 Å². The first-order valence-electron chi connectivity index (χ1n) is 6.88. The number of nitrogens with zero attached hydrogens (tertiary/aromatic N) is 2. The van der Waals surface area contributed by atoms with Gasteiger partial charge in [0.1, 0.15) is 11.5 Å². The smallest absolute Gasteiger partial charge is 0.161 e. The van der Waals surface area contributed by atoms with Crippen molar-refractivity contribution in [2.45, 2.75) is 39.2 Å². The Morgan fingerprint density at radius 3 is 2.79 bits per heavy atom. The Hall–Kier alpha value is -1.20. The molecule has 0 aromatic carbocycles. The van der Waals surface area contributed by atoms with Crippen LogP contribution in [0.5, 0.6) is 5.75 Å². The summed E-state index contributed by atoms with van der Waals surface area (Å²) in [7, 11) is 0. The molecule has 0 saturated carbocycles. The summed E-state index contributed by atoms with van der Waals surface area (Å²) in [6.45, 7) is 6.19. The highest BCUT2D eigenvalue weighted by Crippen LogP contribution is 2.21. The van der Waals surface area contributed by atoms with Crippen molar-refractivity contribution >= 4 is 0 Å². The first kappa shape index (κ1) is 14.2. The number of aromatic nitrogens is 2. The maximum atomic E-state index is 9.37. The monoisotopic (exact) mass is 266 g/mol. The average molecular weight is 266 g/mol. The highest BCUT2D eigenvalue weighted by Gasteiger charge is 2.16. The molecular weight excluding hydrogens is 244 g/mol. The van der Waals surface area contributed by atoms with Crippen LogP contribution in [-0.4, -0.2) is 34.9 Å².